The van der Waals surface area contributed by atoms with Gasteiger partial charge >= 0.3 is 5.97 Å². The molecule has 0 spiro atoms. The van der Waals surface area contributed by atoms with Crippen LogP contribution in [0.5, 0.6) is 0 Å². The van der Waals surface area contributed by atoms with Gasteiger partial charge in [0, 0.05) is 31.1 Å². The number of aliphatic carboxylic acids is 1. The Kier molecular flexibility index (Phi) is 7.46. The minimum Gasteiger partial charge on any atom is -0.481 e. The van der Waals surface area contributed by atoms with Crippen molar-refractivity contribution in [2.24, 2.45) is 0 Å². The Morgan fingerprint density at radius 3 is 2.43 bits per heavy atom. The van der Waals surface area contributed by atoms with E-state index < -0.39 is 5.97 Å². The number of carboxylic acid groups (broad SMARTS) is 1. The van der Waals surface area contributed by atoms with E-state index >= 15 is 0 Å². The molecule has 1 aromatic carbocycles. The highest BCUT2D eigenvalue weighted by atomic mass is 16.4. The van der Waals surface area contributed by atoms with Crippen molar-refractivity contribution in [2.45, 2.75) is 38.5 Å². The second kappa shape index (κ2) is 9.13. The number of nitrogens with one attached hydrogen (secondary N) is 1. The summed E-state index contributed by atoms with van der Waals surface area (Å²) < 4.78 is 0. The van der Waals surface area contributed by atoms with Gasteiger partial charge in [-0.1, -0.05) is 25.5 Å². The van der Waals surface area contributed by atoms with Gasteiger partial charge in [-0.2, -0.15) is 0 Å². The summed E-state index contributed by atoms with van der Waals surface area (Å²) in [4.78, 5) is 22.2. The third-order valence-electron chi connectivity index (χ3n) is 3.35. The minimum absolute atomic E-state index is 0.0500. The van der Waals surface area contributed by atoms with E-state index in [0.29, 0.717) is 18.5 Å². The predicted octanol–water partition coefficient (Wildman–Crippen LogP) is 2.16. The van der Waals surface area contributed by atoms with Gasteiger partial charge < -0.3 is 15.5 Å². The number of carbonyl (C=O) groups is 2. The summed E-state index contributed by atoms with van der Waals surface area (Å²) >= 11 is 0. The number of aliphatic hydroxyl groups excluding tert-OH is 1. The van der Waals surface area contributed by atoms with Crippen LogP contribution in [0.3, 0.4) is 0 Å². The zero-order chi connectivity index (χ0) is 15.7. The van der Waals surface area contributed by atoms with E-state index in [1.54, 1.807) is 12.1 Å². The highest BCUT2D eigenvalue weighted by molar-refractivity contribution is 5.94. The van der Waals surface area contributed by atoms with Gasteiger partial charge in [0.05, 0.1) is 0 Å². The normalized spacial score (nSPS) is 11.9. The molecule has 1 aromatic rings. The summed E-state index contributed by atoms with van der Waals surface area (Å²) in [5.41, 5.74) is 1.57. The molecule has 116 valence electrons. The highest BCUT2D eigenvalue weighted by Gasteiger charge is 2.11. The maximum atomic E-state index is 11.9. The average Bonchev–Trinajstić information content (AvgIpc) is 2.49. The van der Waals surface area contributed by atoms with Crippen LogP contribution in [0.25, 0.3) is 0 Å². The van der Waals surface area contributed by atoms with E-state index in [4.69, 9.17) is 5.11 Å². The first-order valence-corrected chi connectivity index (χ1v) is 7.29. The second-order valence-electron chi connectivity index (χ2n) is 5.04. The molecule has 0 aromatic heterocycles. The number of carbonyl (C=O) groups excluding carboxylic acids is 1. The van der Waals surface area contributed by atoms with Gasteiger partial charge in [-0.15, -0.1) is 0 Å². The lowest BCUT2D eigenvalue weighted by atomic mass is 9.94. The largest absolute Gasteiger partial charge is 0.481 e. The van der Waals surface area contributed by atoms with Crippen molar-refractivity contribution in [3.05, 3.63) is 35.4 Å². The topological polar surface area (TPSA) is 86.6 Å². The summed E-state index contributed by atoms with van der Waals surface area (Å²) in [6.45, 7) is 2.53. The summed E-state index contributed by atoms with van der Waals surface area (Å²) in [5, 5.41) is 20.6. The summed E-state index contributed by atoms with van der Waals surface area (Å²) in [6, 6.07) is 7.20. The molecule has 0 heterocycles. The maximum Gasteiger partial charge on any atom is 0.303 e. The Balaban J connectivity index is 2.52. The number of hydrogen-bond acceptors (Lipinski definition) is 3. The van der Waals surface area contributed by atoms with E-state index in [1.807, 2.05) is 12.1 Å². The van der Waals surface area contributed by atoms with E-state index in [1.165, 1.54) is 0 Å². The van der Waals surface area contributed by atoms with Crippen molar-refractivity contribution < 1.29 is 19.8 Å². The van der Waals surface area contributed by atoms with Gasteiger partial charge in [0.1, 0.15) is 0 Å². The molecule has 21 heavy (non-hydrogen) atoms. The minimum atomic E-state index is -0.862. The molecule has 0 aliphatic rings. The molecule has 1 amide bonds. The van der Waals surface area contributed by atoms with Gasteiger partial charge in [0.15, 0.2) is 0 Å². The van der Waals surface area contributed by atoms with Crippen LogP contribution < -0.4 is 5.32 Å². The molecule has 0 aliphatic carbocycles. The lowest BCUT2D eigenvalue weighted by Crippen LogP contribution is -2.24. The number of rotatable bonds is 9. The SMILES string of the molecule is CCCC(CO)c1ccc(C(=O)NCCCC(=O)O)cc1. The van der Waals surface area contributed by atoms with Gasteiger partial charge in [-0.3, -0.25) is 9.59 Å². The lowest BCUT2D eigenvalue weighted by Gasteiger charge is -2.14. The molecule has 0 saturated heterocycles. The predicted molar refractivity (Wildman–Crippen MR) is 80.4 cm³/mol. The summed E-state index contributed by atoms with van der Waals surface area (Å²) in [6.07, 6.45) is 2.38. The zero-order valence-electron chi connectivity index (χ0n) is 12.3. The van der Waals surface area contributed by atoms with E-state index in [2.05, 4.69) is 12.2 Å². The van der Waals surface area contributed by atoms with Gasteiger partial charge in [-0.05, 0) is 30.5 Å². The van der Waals surface area contributed by atoms with Crippen LogP contribution in [-0.2, 0) is 4.79 Å². The Labute approximate surface area is 125 Å². The molecule has 1 unspecified atom stereocenters. The van der Waals surface area contributed by atoms with Crippen molar-refractivity contribution in [1.29, 1.82) is 0 Å². The molecule has 0 saturated carbocycles. The molecular weight excluding hydrogens is 270 g/mol. The molecule has 0 fully saturated rings. The number of aliphatic hydroxyl groups is 1. The molecule has 0 bridgehead atoms. The van der Waals surface area contributed by atoms with Crippen molar-refractivity contribution >= 4 is 11.9 Å². The Bertz CT molecular complexity index is 456. The molecule has 0 aliphatic heterocycles. The lowest BCUT2D eigenvalue weighted by molar-refractivity contribution is -0.137. The third-order valence-corrected chi connectivity index (χ3v) is 3.35. The molecule has 1 rings (SSSR count). The van der Waals surface area contributed by atoms with Gasteiger partial charge in [0.2, 0.25) is 0 Å². The fraction of sp³-hybridized carbons (Fsp3) is 0.500. The van der Waals surface area contributed by atoms with E-state index in [-0.39, 0.29) is 24.9 Å². The Morgan fingerprint density at radius 2 is 1.90 bits per heavy atom. The van der Waals surface area contributed by atoms with Crippen LogP contribution in [0.4, 0.5) is 0 Å². The first-order valence-electron chi connectivity index (χ1n) is 7.29. The standard InChI is InChI=1S/C16H23NO4/c1-2-4-14(11-18)12-6-8-13(9-7-12)16(21)17-10-3-5-15(19)20/h6-9,14,18H,2-5,10-11H2,1H3,(H,17,21)(H,19,20). The van der Waals surface area contributed by atoms with E-state index in [0.717, 1.165) is 18.4 Å². The van der Waals surface area contributed by atoms with Crippen molar-refractivity contribution in [1.82, 2.24) is 5.32 Å². The van der Waals surface area contributed by atoms with E-state index in [9.17, 15) is 14.7 Å². The average molecular weight is 293 g/mol. The monoisotopic (exact) mass is 293 g/mol. The third kappa shape index (κ3) is 5.95. The fourth-order valence-electron chi connectivity index (χ4n) is 2.16. The number of amides is 1. The quantitative estimate of drug-likeness (QED) is 0.609. The van der Waals surface area contributed by atoms with Crippen LogP contribution in [0.15, 0.2) is 24.3 Å². The van der Waals surface area contributed by atoms with Gasteiger partial charge in [0.25, 0.3) is 5.91 Å². The van der Waals surface area contributed by atoms with Crippen LogP contribution in [-0.4, -0.2) is 35.2 Å². The Hall–Kier alpha value is -1.88. The first-order chi connectivity index (χ1) is 10.1. The zero-order valence-corrected chi connectivity index (χ0v) is 12.3. The van der Waals surface area contributed by atoms with Gasteiger partial charge in [-0.25, -0.2) is 0 Å². The first kappa shape index (κ1) is 17.2. The molecule has 5 nitrogen and oxygen atoms in total. The summed E-state index contributed by atoms with van der Waals surface area (Å²) in [5.74, 6) is -0.953. The van der Waals surface area contributed by atoms with Crippen molar-refractivity contribution in [3.63, 3.8) is 0 Å². The molecular formula is C16H23NO4. The molecule has 3 N–H and O–H groups in total. The highest BCUT2D eigenvalue weighted by Crippen LogP contribution is 2.21. The van der Waals surface area contributed by atoms with Crippen LogP contribution in [0.2, 0.25) is 0 Å². The number of carboxylic acids is 1. The molecule has 0 radical (unpaired) electrons. The van der Waals surface area contributed by atoms with Crippen LogP contribution >= 0.6 is 0 Å². The van der Waals surface area contributed by atoms with Crippen molar-refractivity contribution in [2.75, 3.05) is 13.2 Å². The second-order valence-corrected chi connectivity index (χ2v) is 5.04. The summed E-state index contributed by atoms with van der Waals surface area (Å²) in [7, 11) is 0. The number of hydrogen-bond donors (Lipinski definition) is 3. The van der Waals surface area contributed by atoms with Crippen LogP contribution in [0.1, 0.15) is 54.4 Å². The Morgan fingerprint density at radius 1 is 1.24 bits per heavy atom. The van der Waals surface area contributed by atoms with Crippen molar-refractivity contribution in [3.8, 4) is 0 Å². The maximum absolute atomic E-state index is 11.9. The smallest absolute Gasteiger partial charge is 0.303 e. The number of benzene rings is 1. The molecule has 5 heteroatoms. The van der Waals surface area contributed by atoms with Crippen LogP contribution in [0, 0.1) is 0 Å². The molecule has 1 atom stereocenters. The fourth-order valence-corrected chi connectivity index (χ4v) is 2.16.